The van der Waals surface area contributed by atoms with Gasteiger partial charge in [-0.25, -0.2) is 4.98 Å². The maximum absolute atomic E-state index is 12.8. The Kier molecular flexibility index (Phi) is 6.03. The van der Waals surface area contributed by atoms with Crippen LogP contribution in [0, 0.1) is 24.0 Å². The fraction of sp³-hybridized carbons (Fsp3) is 0.0833. The third-order valence-corrected chi connectivity index (χ3v) is 6.29. The zero-order chi connectivity index (χ0) is 22.8. The van der Waals surface area contributed by atoms with Crippen molar-refractivity contribution in [3.8, 4) is 21.7 Å². The lowest BCUT2D eigenvalue weighted by Gasteiger charge is -2.07. The van der Waals surface area contributed by atoms with Crippen LogP contribution in [0.25, 0.3) is 21.7 Å². The topological polar surface area (TPSA) is 85.1 Å². The molecule has 1 aromatic heterocycles. The number of nitro groups is 1. The molecule has 160 valence electrons. The second kappa shape index (κ2) is 8.90. The molecule has 0 aliphatic carbocycles. The molecule has 0 saturated heterocycles. The number of amides is 1. The Hall–Kier alpha value is -3.55. The second-order valence-electron chi connectivity index (χ2n) is 7.25. The normalized spacial score (nSPS) is 10.7. The number of hydrogen-bond donors (Lipinski definition) is 1. The molecular formula is C24H18ClN3O3S. The molecular weight excluding hydrogens is 446 g/mol. The molecule has 4 rings (SSSR count). The van der Waals surface area contributed by atoms with E-state index in [1.54, 1.807) is 36.4 Å². The number of carbonyl (C=O) groups is 1. The minimum atomic E-state index is -0.434. The van der Waals surface area contributed by atoms with Gasteiger partial charge in [-0.1, -0.05) is 58.8 Å². The Morgan fingerprint density at radius 1 is 1.06 bits per heavy atom. The molecule has 0 saturated carbocycles. The lowest BCUT2D eigenvalue weighted by atomic mass is 10.0. The van der Waals surface area contributed by atoms with E-state index in [2.05, 4.69) is 11.4 Å². The maximum Gasteiger partial charge on any atom is 0.269 e. The first-order chi connectivity index (χ1) is 15.3. The van der Waals surface area contributed by atoms with Crippen molar-refractivity contribution >= 4 is 39.7 Å². The highest BCUT2D eigenvalue weighted by molar-refractivity contribution is 7.19. The molecule has 0 fully saturated rings. The van der Waals surface area contributed by atoms with E-state index in [9.17, 15) is 14.9 Å². The number of nitro benzene ring substituents is 1. The molecule has 4 aromatic rings. The molecule has 1 N–H and O–H groups in total. The molecule has 0 aliphatic rings. The number of carbonyl (C=O) groups excluding carboxylic acids is 1. The minimum absolute atomic E-state index is 0.0126. The Labute approximate surface area is 193 Å². The Morgan fingerprint density at radius 2 is 1.78 bits per heavy atom. The molecule has 1 heterocycles. The zero-order valence-corrected chi connectivity index (χ0v) is 18.8. The van der Waals surface area contributed by atoms with Crippen LogP contribution < -0.4 is 5.32 Å². The minimum Gasteiger partial charge on any atom is -0.298 e. The van der Waals surface area contributed by atoms with E-state index in [1.165, 1.54) is 23.5 Å². The molecule has 1 amide bonds. The summed E-state index contributed by atoms with van der Waals surface area (Å²) < 4.78 is 0. The Morgan fingerprint density at radius 3 is 2.44 bits per heavy atom. The Balaban J connectivity index is 1.78. The molecule has 0 radical (unpaired) electrons. The standard InChI is InChI=1S/C24H18ClN3O3S/c1-14-7-12-18(15(2)13-14)21-22(16-8-10-17(11-9-16)28(30)31)32-24(26-21)27-23(29)19-5-3-4-6-20(19)25/h3-13H,1-2H3,(H,26,27,29). The van der Waals surface area contributed by atoms with Gasteiger partial charge < -0.3 is 0 Å². The molecule has 6 nitrogen and oxygen atoms in total. The molecule has 8 heteroatoms. The molecule has 0 spiro atoms. The number of rotatable bonds is 5. The van der Waals surface area contributed by atoms with Crippen molar-refractivity contribution in [1.82, 2.24) is 4.98 Å². The average molecular weight is 464 g/mol. The number of aromatic nitrogens is 1. The van der Waals surface area contributed by atoms with Gasteiger partial charge >= 0.3 is 0 Å². The number of non-ortho nitro benzene ring substituents is 1. The third kappa shape index (κ3) is 4.39. The smallest absolute Gasteiger partial charge is 0.269 e. The van der Waals surface area contributed by atoms with Crippen LogP contribution in [-0.4, -0.2) is 15.8 Å². The van der Waals surface area contributed by atoms with Gasteiger partial charge in [-0.2, -0.15) is 0 Å². The van der Waals surface area contributed by atoms with Crippen molar-refractivity contribution in [2.24, 2.45) is 0 Å². The van der Waals surface area contributed by atoms with Crippen LogP contribution in [0.4, 0.5) is 10.8 Å². The summed E-state index contributed by atoms with van der Waals surface area (Å²) in [6.45, 7) is 4.02. The summed E-state index contributed by atoms with van der Waals surface area (Å²) >= 11 is 7.46. The fourth-order valence-electron chi connectivity index (χ4n) is 3.38. The van der Waals surface area contributed by atoms with Crippen molar-refractivity contribution in [3.63, 3.8) is 0 Å². The molecule has 0 aliphatic heterocycles. The summed E-state index contributed by atoms with van der Waals surface area (Å²) in [5.74, 6) is -0.355. The highest BCUT2D eigenvalue weighted by Gasteiger charge is 2.20. The van der Waals surface area contributed by atoms with Crippen molar-refractivity contribution < 1.29 is 9.72 Å². The molecule has 0 unspecified atom stereocenters. The number of nitrogens with one attached hydrogen (secondary N) is 1. The fourth-order valence-corrected chi connectivity index (χ4v) is 4.58. The average Bonchev–Trinajstić information content (AvgIpc) is 3.17. The molecule has 0 atom stereocenters. The van der Waals surface area contributed by atoms with E-state index >= 15 is 0 Å². The first kappa shape index (κ1) is 21.7. The van der Waals surface area contributed by atoms with Crippen LogP contribution in [0.1, 0.15) is 21.5 Å². The van der Waals surface area contributed by atoms with Crippen LogP contribution in [0.3, 0.4) is 0 Å². The van der Waals surface area contributed by atoms with Gasteiger partial charge in [0.15, 0.2) is 5.13 Å². The summed E-state index contributed by atoms with van der Waals surface area (Å²) in [4.78, 5) is 28.9. The monoisotopic (exact) mass is 463 g/mol. The summed E-state index contributed by atoms with van der Waals surface area (Å²) in [5.41, 5.74) is 4.96. The highest BCUT2D eigenvalue weighted by atomic mass is 35.5. The van der Waals surface area contributed by atoms with Gasteiger partial charge in [0.2, 0.25) is 0 Å². The van der Waals surface area contributed by atoms with E-state index in [1.807, 2.05) is 26.0 Å². The zero-order valence-electron chi connectivity index (χ0n) is 17.3. The lowest BCUT2D eigenvalue weighted by Crippen LogP contribution is -2.12. The maximum atomic E-state index is 12.8. The van der Waals surface area contributed by atoms with Crippen molar-refractivity contribution in [3.05, 3.63) is 98.6 Å². The van der Waals surface area contributed by atoms with Crippen molar-refractivity contribution in [2.75, 3.05) is 5.32 Å². The number of halogens is 1. The first-order valence-corrected chi connectivity index (χ1v) is 10.9. The number of benzene rings is 3. The summed E-state index contributed by atoms with van der Waals surface area (Å²) in [5, 5.41) is 14.6. The molecule has 3 aromatic carbocycles. The van der Waals surface area contributed by atoms with Crippen LogP contribution >= 0.6 is 22.9 Å². The molecule has 32 heavy (non-hydrogen) atoms. The second-order valence-corrected chi connectivity index (χ2v) is 8.66. The van der Waals surface area contributed by atoms with E-state index in [0.717, 1.165) is 27.1 Å². The quantitative estimate of drug-likeness (QED) is 0.257. The van der Waals surface area contributed by atoms with E-state index in [-0.39, 0.29) is 11.6 Å². The number of thiazole rings is 1. The largest absolute Gasteiger partial charge is 0.298 e. The van der Waals surface area contributed by atoms with Crippen LogP contribution in [0.5, 0.6) is 0 Å². The highest BCUT2D eigenvalue weighted by Crippen LogP contribution is 2.41. The SMILES string of the molecule is Cc1ccc(-c2nc(NC(=O)c3ccccc3Cl)sc2-c2ccc([N+](=O)[O-])cc2)c(C)c1. The number of hydrogen-bond acceptors (Lipinski definition) is 5. The van der Waals surface area contributed by atoms with Gasteiger partial charge in [-0.05, 0) is 49.2 Å². The number of aryl methyl sites for hydroxylation is 2. The van der Waals surface area contributed by atoms with Crippen molar-refractivity contribution in [1.29, 1.82) is 0 Å². The van der Waals surface area contributed by atoms with Crippen LogP contribution in [0.2, 0.25) is 5.02 Å². The summed E-state index contributed by atoms with van der Waals surface area (Å²) in [6, 6.07) is 19.2. The van der Waals surface area contributed by atoms with Gasteiger partial charge in [0.25, 0.3) is 11.6 Å². The van der Waals surface area contributed by atoms with E-state index < -0.39 is 4.92 Å². The summed E-state index contributed by atoms with van der Waals surface area (Å²) in [6.07, 6.45) is 0. The third-order valence-electron chi connectivity index (χ3n) is 4.94. The number of anilines is 1. The first-order valence-electron chi connectivity index (χ1n) is 9.72. The van der Waals surface area contributed by atoms with Crippen LogP contribution in [-0.2, 0) is 0 Å². The predicted molar refractivity (Wildman–Crippen MR) is 129 cm³/mol. The van der Waals surface area contributed by atoms with Gasteiger partial charge in [-0.15, -0.1) is 0 Å². The summed E-state index contributed by atoms with van der Waals surface area (Å²) in [7, 11) is 0. The lowest BCUT2D eigenvalue weighted by molar-refractivity contribution is -0.384. The predicted octanol–water partition coefficient (Wildman–Crippen LogP) is 6.91. The Bertz CT molecular complexity index is 1330. The van der Waals surface area contributed by atoms with E-state index in [4.69, 9.17) is 16.6 Å². The van der Waals surface area contributed by atoms with E-state index in [0.29, 0.717) is 21.4 Å². The molecule has 0 bridgehead atoms. The van der Waals surface area contributed by atoms with Gasteiger partial charge in [-0.3, -0.25) is 20.2 Å². The number of nitrogens with zero attached hydrogens (tertiary/aromatic N) is 2. The van der Waals surface area contributed by atoms with Gasteiger partial charge in [0, 0.05) is 17.7 Å². The van der Waals surface area contributed by atoms with Crippen LogP contribution in [0.15, 0.2) is 66.7 Å². The van der Waals surface area contributed by atoms with Gasteiger partial charge in [0.05, 0.1) is 26.1 Å². The van der Waals surface area contributed by atoms with Crippen molar-refractivity contribution in [2.45, 2.75) is 13.8 Å². The van der Waals surface area contributed by atoms with Gasteiger partial charge in [0.1, 0.15) is 0 Å².